The summed E-state index contributed by atoms with van der Waals surface area (Å²) in [6.45, 7) is 3.62. The van der Waals surface area contributed by atoms with Crippen LogP contribution in [0.2, 0.25) is 0 Å². The van der Waals surface area contributed by atoms with Crippen LogP contribution in [0, 0.1) is 0 Å². The molecule has 2 atom stereocenters. The summed E-state index contributed by atoms with van der Waals surface area (Å²) < 4.78 is 1.77. The van der Waals surface area contributed by atoms with Crippen LogP contribution in [-0.2, 0) is 6.54 Å². The second-order valence-corrected chi connectivity index (χ2v) is 6.45. The minimum atomic E-state index is -0.283. The number of halogens is 1. The summed E-state index contributed by atoms with van der Waals surface area (Å²) >= 11 is 6.27. The van der Waals surface area contributed by atoms with Gasteiger partial charge in [0, 0.05) is 12.6 Å². The van der Waals surface area contributed by atoms with Crippen LogP contribution in [-0.4, -0.2) is 34.1 Å². The van der Waals surface area contributed by atoms with Crippen molar-refractivity contribution in [3.8, 4) is 0 Å². The van der Waals surface area contributed by atoms with Crippen LogP contribution in [0.25, 0.3) is 10.9 Å². The molecule has 0 amide bonds. The topological polar surface area (TPSA) is 38.1 Å². The van der Waals surface area contributed by atoms with Crippen molar-refractivity contribution in [2.24, 2.45) is 0 Å². The van der Waals surface area contributed by atoms with Crippen molar-refractivity contribution in [1.82, 2.24) is 14.5 Å². The SMILES string of the molecule is CC(Cl)c1nc2ccccc2c(=O)n1CC1CCCN1C. The molecule has 1 aliphatic rings. The summed E-state index contributed by atoms with van der Waals surface area (Å²) in [5.41, 5.74) is 0.740. The Labute approximate surface area is 129 Å². The third-order valence-electron chi connectivity index (χ3n) is 4.31. The van der Waals surface area contributed by atoms with Gasteiger partial charge in [-0.05, 0) is 45.5 Å². The molecule has 1 saturated heterocycles. The molecular weight excluding hydrogens is 286 g/mol. The van der Waals surface area contributed by atoms with E-state index in [1.54, 1.807) is 4.57 Å². The lowest BCUT2D eigenvalue weighted by Gasteiger charge is -2.23. The van der Waals surface area contributed by atoms with E-state index in [2.05, 4.69) is 16.9 Å². The molecule has 21 heavy (non-hydrogen) atoms. The van der Waals surface area contributed by atoms with E-state index in [0.29, 0.717) is 23.8 Å². The Morgan fingerprint density at radius 1 is 1.43 bits per heavy atom. The average molecular weight is 306 g/mol. The van der Waals surface area contributed by atoms with Gasteiger partial charge in [-0.1, -0.05) is 12.1 Å². The number of aromatic nitrogens is 2. The van der Waals surface area contributed by atoms with E-state index >= 15 is 0 Å². The van der Waals surface area contributed by atoms with Gasteiger partial charge in [-0.2, -0.15) is 0 Å². The zero-order valence-corrected chi connectivity index (χ0v) is 13.2. The Morgan fingerprint density at radius 2 is 2.19 bits per heavy atom. The van der Waals surface area contributed by atoms with Crippen molar-refractivity contribution < 1.29 is 0 Å². The number of likely N-dealkylation sites (N-methyl/N-ethyl adjacent to an activating group) is 1. The van der Waals surface area contributed by atoms with Crippen LogP contribution < -0.4 is 5.56 Å². The summed E-state index contributed by atoms with van der Waals surface area (Å²) in [6, 6.07) is 7.86. The van der Waals surface area contributed by atoms with Crippen molar-refractivity contribution in [2.75, 3.05) is 13.6 Å². The molecule has 0 bridgehead atoms. The summed E-state index contributed by atoms with van der Waals surface area (Å²) in [5.74, 6) is 0.667. The number of fused-ring (bicyclic) bond motifs is 1. The van der Waals surface area contributed by atoms with Gasteiger partial charge in [0.15, 0.2) is 0 Å². The van der Waals surface area contributed by atoms with Gasteiger partial charge in [0.1, 0.15) is 5.82 Å². The largest absolute Gasteiger partial charge is 0.302 e. The summed E-state index contributed by atoms with van der Waals surface area (Å²) in [6.07, 6.45) is 2.30. The summed E-state index contributed by atoms with van der Waals surface area (Å²) in [4.78, 5) is 19.7. The molecule has 112 valence electrons. The highest BCUT2D eigenvalue weighted by Crippen LogP contribution is 2.22. The molecule has 1 aliphatic heterocycles. The third-order valence-corrected chi connectivity index (χ3v) is 4.51. The van der Waals surface area contributed by atoms with Gasteiger partial charge in [0.05, 0.1) is 16.3 Å². The van der Waals surface area contributed by atoms with Crippen LogP contribution >= 0.6 is 11.6 Å². The fraction of sp³-hybridized carbons (Fsp3) is 0.500. The van der Waals surface area contributed by atoms with Crippen molar-refractivity contribution >= 4 is 22.5 Å². The zero-order chi connectivity index (χ0) is 15.0. The van der Waals surface area contributed by atoms with Crippen molar-refractivity contribution in [3.05, 3.63) is 40.4 Å². The zero-order valence-electron chi connectivity index (χ0n) is 12.4. The first-order chi connectivity index (χ1) is 10.1. The van der Waals surface area contributed by atoms with E-state index in [-0.39, 0.29) is 10.9 Å². The molecular formula is C16H20ClN3O. The van der Waals surface area contributed by atoms with Gasteiger partial charge < -0.3 is 4.90 Å². The maximum absolute atomic E-state index is 12.8. The number of hydrogen-bond acceptors (Lipinski definition) is 3. The average Bonchev–Trinajstić information content (AvgIpc) is 2.87. The molecule has 5 heteroatoms. The predicted molar refractivity (Wildman–Crippen MR) is 85.9 cm³/mol. The molecule has 1 aromatic carbocycles. The number of alkyl halides is 1. The molecule has 0 saturated carbocycles. The van der Waals surface area contributed by atoms with Crippen LogP contribution in [0.15, 0.2) is 29.1 Å². The maximum atomic E-state index is 12.8. The second kappa shape index (κ2) is 5.78. The Balaban J connectivity index is 2.12. The van der Waals surface area contributed by atoms with Gasteiger partial charge in [-0.15, -0.1) is 11.6 Å². The summed E-state index contributed by atoms with van der Waals surface area (Å²) in [5, 5.41) is 0.383. The first kappa shape index (κ1) is 14.5. The van der Waals surface area contributed by atoms with E-state index < -0.39 is 0 Å². The lowest BCUT2D eigenvalue weighted by molar-refractivity contribution is 0.277. The second-order valence-electron chi connectivity index (χ2n) is 5.80. The molecule has 4 nitrogen and oxygen atoms in total. The number of benzene rings is 1. The number of rotatable bonds is 3. The Hall–Kier alpha value is -1.39. The van der Waals surface area contributed by atoms with Gasteiger partial charge in [-0.25, -0.2) is 4.98 Å². The third kappa shape index (κ3) is 2.70. The van der Waals surface area contributed by atoms with Gasteiger partial charge in [0.2, 0.25) is 0 Å². The Kier molecular flexibility index (Phi) is 4.00. The molecule has 1 aromatic heterocycles. The number of para-hydroxylation sites is 1. The van der Waals surface area contributed by atoms with Gasteiger partial charge >= 0.3 is 0 Å². The molecule has 0 radical (unpaired) electrons. The van der Waals surface area contributed by atoms with Crippen molar-refractivity contribution in [3.63, 3.8) is 0 Å². The predicted octanol–water partition coefficient (Wildman–Crippen LogP) is 2.79. The maximum Gasteiger partial charge on any atom is 0.261 e. The lowest BCUT2D eigenvalue weighted by Crippen LogP contribution is -2.36. The minimum absolute atomic E-state index is 0.0170. The summed E-state index contributed by atoms with van der Waals surface area (Å²) in [7, 11) is 2.11. The highest BCUT2D eigenvalue weighted by atomic mass is 35.5. The first-order valence-corrected chi connectivity index (χ1v) is 7.85. The Morgan fingerprint density at radius 3 is 2.86 bits per heavy atom. The first-order valence-electron chi connectivity index (χ1n) is 7.41. The van der Waals surface area contributed by atoms with Crippen molar-refractivity contribution in [1.29, 1.82) is 0 Å². The molecule has 0 spiro atoms. The molecule has 3 rings (SSSR count). The van der Waals surface area contributed by atoms with Crippen molar-refractivity contribution in [2.45, 2.75) is 37.7 Å². The van der Waals surface area contributed by atoms with Gasteiger partial charge in [-0.3, -0.25) is 9.36 Å². The van der Waals surface area contributed by atoms with E-state index in [9.17, 15) is 4.79 Å². The standard InChI is InChI=1S/C16H20ClN3O/c1-11(17)15-18-14-8-4-3-7-13(14)16(21)20(15)10-12-6-5-9-19(12)2/h3-4,7-8,11-12H,5-6,9-10H2,1-2H3. The fourth-order valence-electron chi connectivity index (χ4n) is 3.09. The van der Waals surface area contributed by atoms with E-state index in [4.69, 9.17) is 11.6 Å². The molecule has 1 fully saturated rings. The van der Waals surface area contributed by atoms with E-state index in [1.165, 1.54) is 6.42 Å². The van der Waals surface area contributed by atoms with E-state index in [1.807, 2.05) is 31.2 Å². The van der Waals surface area contributed by atoms with Crippen LogP contribution in [0.1, 0.15) is 31.0 Å². The monoisotopic (exact) mass is 305 g/mol. The number of nitrogens with zero attached hydrogens (tertiary/aromatic N) is 3. The molecule has 2 heterocycles. The number of hydrogen-bond donors (Lipinski definition) is 0. The quantitative estimate of drug-likeness (QED) is 0.819. The van der Waals surface area contributed by atoms with Crippen LogP contribution in [0.5, 0.6) is 0 Å². The molecule has 2 unspecified atom stereocenters. The highest BCUT2D eigenvalue weighted by Gasteiger charge is 2.24. The van der Waals surface area contributed by atoms with Crippen LogP contribution in [0.4, 0.5) is 0 Å². The lowest BCUT2D eigenvalue weighted by atomic mass is 10.2. The Bertz CT molecular complexity index is 710. The molecule has 2 aromatic rings. The smallest absolute Gasteiger partial charge is 0.261 e. The number of likely N-dealkylation sites (tertiary alicyclic amines) is 1. The normalized spacial score (nSPS) is 21.0. The molecule has 0 aliphatic carbocycles. The van der Waals surface area contributed by atoms with Gasteiger partial charge in [0.25, 0.3) is 5.56 Å². The fourth-order valence-corrected chi connectivity index (χ4v) is 3.25. The van der Waals surface area contributed by atoms with Crippen LogP contribution in [0.3, 0.4) is 0 Å². The minimum Gasteiger partial charge on any atom is -0.302 e. The highest BCUT2D eigenvalue weighted by molar-refractivity contribution is 6.20. The van der Waals surface area contributed by atoms with E-state index in [0.717, 1.165) is 18.5 Å². The molecule has 0 N–H and O–H groups in total.